The molecule has 0 bridgehead atoms. The van der Waals surface area contributed by atoms with Crippen LogP contribution in [-0.2, 0) is 11.3 Å². The molecule has 1 N–H and O–H groups in total. The van der Waals surface area contributed by atoms with E-state index in [1.807, 2.05) is 6.07 Å². The Kier molecular flexibility index (Phi) is 3.42. The van der Waals surface area contributed by atoms with Crippen LogP contribution in [0.2, 0.25) is 0 Å². The Morgan fingerprint density at radius 3 is 2.63 bits per heavy atom. The molecule has 2 aliphatic rings. The number of rotatable bonds is 3. The van der Waals surface area contributed by atoms with Crippen LogP contribution in [0.5, 0.6) is 0 Å². The third-order valence-corrected chi connectivity index (χ3v) is 3.99. The fraction of sp³-hybridized carbons (Fsp3) is 0.533. The van der Waals surface area contributed by atoms with E-state index in [0.29, 0.717) is 13.1 Å². The molecule has 1 unspecified atom stereocenters. The quantitative estimate of drug-likeness (QED) is 0.893. The lowest BCUT2D eigenvalue weighted by atomic mass is 10.1. The molecular formula is C15H20N2O2. The highest BCUT2D eigenvalue weighted by molar-refractivity contribution is 5.79. The Morgan fingerprint density at radius 2 is 1.95 bits per heavy atom. The van der Waals surface area contributed by atoms with Gasteiger partial charge in [-0.1, -0.05) is 18.2 Å². The number of β-amino-alcohol motifs (C(OH)–C–C–N with tert-alkyl or cyclic N) is 1. The van der Waals surface area contributed by atoms with Crippen molar-refractivity contribution in [2.24, 2.45) is 0 Å². The number of anilines is 1. The molecule has 0 aromatic heterocycles. The molecular weight excluding hydrogens is 240 g/mol. The zero-order valence-electron chi connectivity index (χ0n) is 11.1. The molecule has 0 radical (unpaired) electrons. The number of amides is 1. The molecule has 1 aromatic rings. The Bertz CT molecular complexity index is 469. The van der Waals surface area contributed by atoms with Crippen molar-refractivity contribution < 1.29 is 9.90 Å². The third kappa shape index (κ3) is 2.59. The SMILES string of the molecule is O=C1CC(O)CN1Cc1ccccc1N1CCCC1. The number of likely N-dealkylation sites (tertiary alicyclic amines) is 1. The molecule has 4 heteroatoms. The van der Waals surface area contributed by atoms with Crippen molar-refractivity contribution in [3.8, 4) is 0 Å². The predicted molar refractivity (Wildman–Crippen MR) is 73.9 cm³/mol. The first-order valence-electron chi connectivity index (χ1n) is 7.03. The summed E-state index contributed by atoms with van der Waals surface area (Å²) in [5.41, 5.74) is 2.43. The van der Waals surface area contributed by atoms with Crippen molar-refractivity contribution in [3.63, 3.8) is 0 Å². The standard InChI is InChI=1S/C15H20N2O2/c18-13-9-15(19)17(11-13)10-12-5-1-2-6-14(12)16-7-3-4-8-16/h1-2,5-6,13,18H,3-4,7-11H2. The average molecular weight is 260 g/mol. The van der Waals surface area contributed by atoms with Crippen LogP contribution in [0.1, 0.15) is 24.8 Å². The number of hydrogen-bond donors (Lipinski definition) is 1. The van der Waals surface area contributed by atoms with E-state index in [1.165, 1.54) is 24.1 Å². The van der Waals surface area contributed by atoms with Crippen LogP contribution in [0.15, 0.2) is 24.3 Å². The second kappa shape index (κ2) is 5.21. The highest BCUT2D eigenvalue weighted by Gasteiger charge is 2.28. The van der Waals surface area contributed by atoms with Crippen molar-refractivity contribution in [2.75, 3.05) is 24.5 Å². The third-order valence-electron chi connectivity index (χ3n) is 3.99. The Labute approximate surface area is 113 Å². The summed E-state index contributed by atoms with van der Waals surface area (Å²) in [4.78, 5) is 15.9. The second-order valence-corrected chi connectivity index (χ2v) is 5.46. The molecule has 1 atom stereocenters. The lowest BCUT2D eigenvalue weighted by molar-refractivity contribution is -0.128. The van der Waals surface area contributed by atoms with Crippen LogP contribution in [0.25, 0.3) is 0 Å². The fourth-order valence-electron chi connectivity index (χ4n) is 3.02. The van der Waals surface area contributed by atoms with Gasteiger partial charge in [-0.25, -0.2) is 0 Å². The van der Waals surface area contributed by atoms with Gasteiger partial charge in [0.1, 0.15) is 0 Å². The molecule has 1 aromatic carbocycles. The van der Waals surface area contributed by atoms with Crippen LogP contribution >= 0.6 is 0 Å². The van der Waals surface area contributed by atoms with E-state index in [-0.39, 0.29) is 12.3 Å². The number of aliphatic hydroxyl groups is 1. The molecule has 3 rings (SSSR count). The topological polar surface area (TPSA) is 43.8 Å². The highest BCUT2D eigenvalue weighted by atomic mass is 16.3. The maximum Gasteiger partial charge on any atom is 0.225 e. The van der Waals surface area contributed by atoms with Crippen molar-refractivity contribution in [3.05, 3.63) is 29.8 Å². The molecule has 0 saturated carbocycles. The van der Waals surface area contributed by atoms with Gasteiger partial charge in [0.2, 0.25) is 5.91 Å². The van der Waals surface area contributed by atoms with Gasteiger partial charge >= 0.3 is 0 Å². The van der Waals surface area contributed by atoms with Crippen LogP contribution in [0.3, 0.4) is 0 Å². The van der Waals surface area contributed by atoms with Crippen LogP contribution in [-0.4, -0.2) is 41.7 Å². The normalized spacial score (nSPS) is 23.4. The predicted octanol–water partition coefficient (Wildman–Crippen LogP) is 1.38. The molecule has 0 spiro atoms. The lowest BCUT2D eigenvalue weighted by Gasteiger charge is -2.24. The summed E-state index contributed by atoms with van der Waals surface area (Å²) in [6.45, 7) is 3.29. The van der Waals surface area contributed by atoms with Gasteiger partial charge in [-0.2, -0.15) is 0 Å². The minimum Gasteiger partial charge on any atom is -0.391 e. The van der Waals surface area contributed by atoms with E-state index >= 15 is 0 Å². The van der Waals surface area contributed by atoms with Crippen LogP contribution in [0, 0.1) is 0 Å². The summed E-state index contributed by atoms with van der Waals surface area (Å²) in [6.07, 6.45) is 2.27. The average Bonchev–Trinajstić information content (AvgIpc) is 3.01. The first-order valence-corrected chi connectivity index (χ1v) is 7.03. The van der Waals surface area contributed by atoms with E-state index < -0.39 is 6.10 Å². The summed E-state index contributed by atoms with van der Waals surface area (Å²) in [6, 6.07) is 8.30. The van der Waals surface area contributed by atoms with Crippen molar-refractivity contribution in [1.82, 2.24) is 4.90 Å². The van der Waals surface area contributed by atoms with E-state index in [1.54, 1.807) is 4.90 Å². The van der Waals surface area contributed by atoms with E-state index in [4.69, 9.17) is 0 Å². The van der Waals surface area contributed by atoms with E-state index in [0.717, 1.165) is 13.1 Å². The number of carbonyl (C=O) groups excluding carboxylic acids is 1. The van der Waals surface area contributed by atoms with Gasteiger partial charge in [-0.05, 0) is 24.5 Å². The van der Waals surface area contributed by atoms with Crippen molar-refractivity contribution >= 4 is 11.6 Å². The minimum atomic E-state index is -0.494. The summed E-state index contributed by atoms with van der Waals surface area (Å²) < 4.78 is 0. The molecule has 102 valence electrons. The molecule has 4 nitrogen and oxygen atoms in total. The summed E-state index contributed by atoms with van der Waals surface area (Å²) >= 11 is 0. The summed E-state index contributed by atoms with van der Waals surface area (Å²) in [7, 11) is 0. The fourth-order valence-corrected chi connectivity index (χ4v) is 3.02. The van der Waals surface area contributed by atoms with Crippen LogP contribution < -0.4 is 4.90 Å². The summed E-state index contributed by atoms with van der Waals surface area (Å²) in [5, 5.41) is 9.56. The molecule has 2 saturated heterocycles. The van der Waals surface area contributed by atoms with Gasteiger partial charge in [-0.15, -0.1) is 0 Å². The number of benzene rings is 1. The highest BCUT2D eigenvalue weighted by Crippen LogP contribution is 2.26. The molecule has 2 aliphatic heterocycles. The van der Waals surface area contributed by atoms with Crippen LogP contribution in [0.4, 0.5) is 5.69 Å². The molecule has 19 heavy (non-hydrogen) atoms. The van der Waals surface area contributed by atoms with Gasteiger partial charge in [0.15, 0.2) is 0 Å². The lowest BCUT2D eigenvalue weighted by Crippen LogP contribution is -2.27. The molecule has 2 heterocycles. The largest absolute Gasteiger partial charge is 0.391 e. The first-order chi connectivity index (χ1) is 9.24. The van der Waals surface area contributed by atoms with Gasteiger partial charge in [-0.3, -0.25) is 4.79 Å². The van der Waals surface area contributed by atoms with E-state index in [2.05, 4.69) is 23.1 Å². The monoisotopic (exact) mass is 260 g/mol. The smallest absolute Gasteiger partial charge is 0.225 e. The molecule has 1 amide bonds. The number of hydrogen-bond acceptors (Lipinski definition) is 3. The number of aliphatic hydroxyl groups excluding tert-OH is 1. The first kappa shape index (κ1) is 12.5. The molecule has 0 aliphatic carbocycles. The number of nitrogens with zero attached hydrogens (tertiary/aromatic N) is 2. The Hall–Kier alpha value is -1.55. The van der Waals surface area contributed by atoms with Crippen molar-refractivity contribution in [2.45, 2.75) is 31.9 Å². The Morgan fingerprint density at radius 1 is 1.21 bits per heavy atom. The zero-order valence-corrected chi connectivity index (χ0v) is 11.1. The molecule has 2 fully saturated rings. The minimum absolute atomic E-state index is 0.0590. The maximum absolute atomic E-state index is 11.8. The maximum atomic E-state index is 11.8. The van der Waals surface area contributed by atoms with Gasteiger partial charge in [0, 0.05) is 31.9 Å². The van der Waals surface area contributed by atoms with Gasteiger partial charge < -0.3 is 14.9 Å². The number of carbonyl (C=O) groups is 1. The second-order valence-electron chi connectivity index (χ2n) is 5.46. The van der Waals surface area contributed by atoms with Crippen molar-refractivity contribution in [1.29, 1.82) is 0 Å². The number of para-hydroxylation sites is 1. The Balaban J connectivity index is 1.78. The summed E-state index contributed by atoms with van der Waals surface area (Å²) in [5.74, 6) is 0.0590. The zero-order chi connectivity index (χ0) is 13.2. The van der Waals surface area contributed by atoms with Gasteiger partial charge in [0.05, 0.1) is 12.5 Å². The van der Waals surface area contributed by atoms with Gasteiger partial charge in [0.25, 0.3) is 0 Å². The van der Waals surface area contributed by atoms with E-state index in [9.17, 15) is 9.90 Å².